The summed E-state index contributed by atoms with van der Waals surface area (Å²) in [5.74, 6) is 0.656. The maximum atomic E-state index is 13.0. The molecule has 3 rings (SSSR count). The molecule has 7 nitrogen and oxygen atoms in total. The number of carbonyl (C=O) groups is 3. The molecule has 7 heteroatoms. The molecule has 1 aliphatic rings. The highest BCUT2D eigenvalue weighted by Crippen LogP contribution is 2.27. The van der Waals surface area contributed by atoms with Gasteiger partial charge in [0.1, 0.15) is 17.6 Å². The molecule has 1 heterocycles. The summed E-state index contributed by atoms with van der Waals surface area (Å²) in [5.41, 5.74) is 2.81. The molecule has 0 aliphatic heterocycles. The molecule has 180 valence electrons. The number of unbranched alkanes of at least 4 members (excludes halogenated alkanes) is 2. The second-order valence-electron chi connectivity index (χ2n) is 9.23. The molecule has 0 spiro atoms. The summed E-state index contributed by atoms with van der Waals surface area (Å²) >= 11 is 0. The third kappa shape index (κ3) is 7.07. The molecule has 1 saturated carbocycles. The standard InChI is InChI=1S/C26H37N3O4/c1-17(30)9-5-4-6-12-24(26(32)28-19-10-7-8-11-19)29-25(31)16-21-18(2)27-23-14-13-20(33-3)15-22(21)23/h13-15,19,24,27H,4-12,16H2,1-3H3,(H,28,32)(H,29,31). The molecular weight excluding hydrogens is 418 g/mol. The van der Waals surface area contributed by atoms with Crippen LogP contribution in [-0.4, -0.2) is 41.8 Å². The third-order valence-electron chi connectivity index (χ3n) is 6.54. The number of methoxy groups -OCH3 is 1. The molecule has 2 aromatic rings. The zero-order chi connectivity index (χ0) is 23.8. The number of hydrogen-bond donors (Lipinski definition) is 3. The van der Waals surface area contributed by atoms with E-state index in [-0.39, 0.29) is 30.1 Å². The molecule has 0 bridgehead atoms. The van der Waals surface area contributed by atoms with Crippen LogP contribution in [0.15, 0.2) is 18.2 Å². The van der Waals surface area contributed by atoms with Crippen molar-refractivity contribution in [2.45, 2.75) is 90.1 Å². The van der Waals surface area contributed by atoms with Crippen LogP contribution in [0.25, 0.3) is 10.9 Å². The van der Waals surface area contributed by atoms with E-state index in [0.29, 0.717) is 12.8 Å². The van der Waals surface area contributed by atoms with Crippen LogP contribution in [0.1, 0.15) is 76.0 Å². The van der Waals surface area contributed by atoms with Crippen molar-refractivity contribution >= 4 is 28.5 Å². The Labute approximate surface area is 196 Å². The van der Waals surface area contributed by atoms with Crippen LogP contribution in [-0.2, 0) is 20.8 Å². The summed E-state index contributed by atoms with van der Waals surface area (Å²) in [6.45, 7) is 3.55. The van der Waals surface area contributed by atoms with Gasteiger partial charge in [-0.25, -0.2) is 0 Å². The van der Waals surface area contributed by atoms with Gasteiger partial charge in [0.2, 0.25) is 11.8 Å². The van der Waals surface area contributed by atoms with Gasteiger partial charge in [0.15, 0.2) is 0 Å². The molecule has 0 saturated heterocycles. The Bertz CT molecular complexity index is 975. The maximum Gasteiger partial charge on any atom is 0.242 e. The van der Waals surface area contributed by atoms with Crippen molar-refractivity contribution in [3.05, 3.63) is 29.5 Å². The summed E-state index contributed by atoms with van der Waals surface area (Å²) in [5, 5.41) is 7.07. The Kier molecular flexibility index (Phi) is 8.92. The highest BCUT2D eigenvalue weighted by Gasteiger charge is 2.25. The Morgan fingerprint density at radius 3 is 2.61 bits per heavy atom. The highest BCUT2D eigenvalue weighted by atomic mass is 16.5. The van der Waals surface area contributed by atoms with Crippen LogP contribution in [0.4, 0.5) is 0 Å². The lowest BCUT2D eigenvalue weighted by Gasteiger charge is -2.21. The van der Waals surface area contributed by atoms with Crippen molar-refractivity contribution in [3.8, 4) is 5.75 Å². The van der Waals surface area contributed by atoms with Crippen molar-refractivity contribution in [2.24, 2.45) is 0 Å². The van der Waals surface area contributed by atoms with Crippen molar-refractivity contribution in [1.82, 2.24) is 15.6 Å². The predicted octanol–water partition coefficient (Wildman–Crippen LogP) is 4.11. The van der Waals surface area contributed by atoms with E-state index in [1.54, 1.807) is 14.0 Å². The van der Waals surface area contributed by atoms with E-state index in [4.69, 9.17) is 4.74 Å². The van der Waals surface area contributed by atoms with E-state index in [0.717, 1.165) is 72.9 Å². The van der Waals surface area contributed by atoms with Crippen LogP contribution in [0.2, 0.25) is 0 Å². The normalized spacial score (nSPS) is 14.9. The number of H-pyrrole nitrogens is 1. The van der Waals surface area contributed by atoms with Gasteiger partial charge in [0.25, 0.3) is 0 Å². The van der Waals surface area contributed by atoms with Crippen LogP contribution in [0.5, 0.6) is 5.75 Å². The fraction of sp³-hybridized carbons (Fsp3) is 0.577. The van der Waals surface area contributed by atoms with Gasteiger partial charge < -0.3 is 25.1 Å². The monoisotopic (exact) mass is 455 g/mol. The van der Waals surface area contributed by atoms with Gasteiger partial charge in [-0.3, -0.25) is 9.59 Å². The number of benzene rings is 1. The van der Waals surface area contributed by atoms with E-state index in [1.165, 1.54) is 0 Å². The van der Waals surface area contributed by atoms with Crippen LogP contribution in [0, 0.1) is 6.92 Å². The van der Waals surface area contributed by atoms with Gasteiger partial charge in [0.05, 0.1) is 13.5 Å². The fourth-order valence-electron chi connectivity index (χ4n) is 4.66. The van der Waals surface area contributed by atoms with Gasteiger partial charge in [0, 0.05) is 29.1 Å². The lowest BCUT2D eigenvalue weighted by Crippen LogP contribution is -2.49. The van der Waals surface area contributed by atoms with E-state index in [1.807, 2.05) is 25.1 Å². The molecule has 2 amide bonds. The van der Waals surface area contributed by atoms with Gasteiger partial charge in [-0.05, 0) is 63.3 Å². The Hall–Kier alpha value is -2.83. The number of aryl methyl sites for hydroxylation is 1. The Morgan fingerprint density at radius 1 is 1.15 bits per heavy atom. The van der Waals surface area contributed by atoms with Crippen molar-refractivity contribution in [2.75, 3.05) is 7.11 Å². The minimum Gasteiger partial charge on any atom is -0.497 e. The third-order valence-corrected chi connectivity index (χ3v) is 6.54. The first-order valence-corrected chi connectivity index (χ1v) is 12.1. The number of carbonyl (C=O) groups excluding carboxylic acids is 3. The topological polar surface area (TPSA) is 100 Å². The first-order chi connectivity index (χ1) is 15.9. The van der Waals surface area contributed by atoms with Gasteiger partial charge in [-0.1, -0.05) is 25.7 Å². The SMILES string of the molecule is COc1ccc2[nH]c(C)c(CC(=O)NC(CCCCCC(C)=O)C(=O)NC3CCCC3)c2c1. The molecule has 1 aromatic carbocycles. The average molecular weight is 456 g/mol. The number of rotatable bonds is 12. The lowest BCUT2D eigenvalue weighted by atomic mass is 10.0. The zero-order valence-corrected chi connectivity index (χ0v) is 20.1. The summed E-state index contributed by atoms with van der Waals surface area (Å²) in [7, 11) is 1.62. The Balaban J connectivity index is 1.65. The number of ether oxygens (including phenoxy) is 1. The number of aromatic amines is 1. The smallest absolute Gasteiger partial charge is 0.242 e. The number of aromatic nitrogens is 1. The first kappa shape index (κ1) is 24.8. The second-order valence-corrected chi connectivity index (χ2v) is 9.23. The molecular formula is C26H37N3O4. The fourth-order valence-corrected chi connectivity index (χ4v) is 4.66. The molecule has 3 N–H and O–H groups in total. The maximum absolute atomic E-state index is 13.0. The first-order valence-electron chi connectivity index (χ1n) is 12.1. The molecule has 1 atom stereocenters. The number of ketones is 1. The van der Waals surface area contributed by atoms with Gasteiger partial charge in [-0.2, -0.15) is 0 Å². The molecule has 1 fully saturated rings. The van der Waals surface area contributed by atoms with E-state index >= 15 is 0 Å². The van der Waals surface area contributed by atoms with E-state index in [2.05, 4.69) is 15.6 Å². The second kappa shape index (κ2) is 11.9. The average Bonchev–Trinajstić information content (AvgIpc) is 3.39. The summed E-state index contributed by atoms with van der Waals surface area (Å²) in [6, 6.07) is 5.41. The van der Waals surface area contributed by atoms with Crippen LogP contribution < -0.4 is 15.4 Å². The Morgan fingerprint density at radius 2 is 1.91 bits per heavy atom. The molecule has 0 radical (unpaired) electrons. The highest BCUT2D eigenvalue weighted by molar-refractivity contribution is 5.93. The largest absolute Gasteiger partial charge is 0.497 e. The van der Waals surface area contributed by atoms with Crippen molar-refractivity contribution < 1.29 is 19.1 Å². The number of amides is 2. The molecule has 33 heavy (non-hydrogen) atoms. The van der Waals surface area contributed by atoms with E-state index < -0.39 is 6.04 Å². The van der Waals surface area contributed by atoms with Crippen molar-refractivity contribution in [3.63, 3.8) is 0 Å². The van der Waals surface area contributed by atoms with Crippen LogP contribution >= 0.6 is 0 Å². The van der Waals surface area contributed by atoms with Crippen molar-refractivity contribution in [1.29, 1.82) is 0 Å². The molecule has 1 aromatic heterocycles. The van der Waals surface area contributed by atoms with Gasteiger partial charge >= 0.3 is 0 Å². The minimum atomic E-state index is -0.560. The molecule has 1 aliphatic carbocycles. The number of fused-ring (bicyclic) bond motifs is 1. The number of Topliss-reactive ketones (excluding diaryl/α,β-unsaturated/α-hetero) is 1. The van der Waals surface area contributed by atoms with Crippen LogP contribution in [0.3, 0.4) is 0 Å². The van der Waals surface area contributed by atoms with E-state index in [9.17, 15) is 14.4 Å². The minimum absolute atomic E-state index is 0.0980. The summed E-state index contributed by atoms with van der Waals surface area (Å²) in [6.07, 6.45) is 8.07. The molecule has 1 unspecified atom stereocenters. The summed E-state index contributed by atoms with van der Waals surface area (Å²) < 4.78 is 5.34. The van der Waals surface area contributed by atoms with Gasteiger partial charge in [-0.15, -0.1) is 0 Å². The number of nitrogens with one attached hydrogen (secondary N) is 3. The quantitative estimate of drug-likeness (QED) is 0.419. The summed E-state index contributed by atoms with van der Waals surface area (Å²) in [4.78, 5) is 40.5. The number of hydrogen-bond acceptors (Lipinski definition) is 4. The zero-order valence-electron chi connectivity index (χ0n) is 20.1. The lowest BCUT2D eigenvalue weighted by molar-refractivity contribution is -0.129. The predicted molar refractivity (Wildman–Crippen MR) is 129 cm³/mol.